The Labute approximate surface area is 173 Å². The molecule has 29 heavy (non-hydrogen) atoms. The first-order valence-electron chi connectivity index (χ1n) is 8.67. The second-order valence-corrected chi connectivity index (χ2v) is 9.50. The summed E-state index contributed by atoms with van der Waals surface area (Å²) in [5.41, 5.74) is -0.729. The Hall–Kier alpha value is -2.68. The molecule has 150 valence electrons. The van der Waals surface area contributed by atoms with E-state index in [4.69, 9.17) is 0 Å². The molecule has 1 unspecified atom stereocenters. The largest absolute Gasteiger partial charge is 0.479 e. The van der Waals surface area contributed by atoms with Crippen molar-refractivity contribution in [2.45, 2.75) is 15.4 Å². The van der Waals surface area contributed by atoms with Gasteiger partial charge in [0.05, 0.1) is 10.6 Å². The molecule has 0 saturated carbocycles. The number of carboxylic acids is 1. The molecule has 0 aliphatic heterocycles. The Morgan fingerprint density at radius 3 is 2.10 bits per heavy atom. The van der Waals surface area contributed by atoms with Gasteiger partial charge in [-0.05, 0) is 47.5 Å². The highest BCUT2D eigenvalue weighted by molar-refractivity contribution is 7.99. The van der Waals surface area contributed by atoms with Crippen LogP contribution in [0.1, 0.15) is 0 Å². The van der Waals surface area contributed by atoms with Crippen LogP contribution in [0.25, 0.3) is 11.1 Å². The molecule has 0 fully saturated rings. The third-order valence-electron chi connectivity index (χ3n) is 4.27. The number of aliphatic carboxylic acids is 1. The number of thioether (sulfide) groups is 1. The molecule has 8 heteroatoms. The van der Waals surface area contributed by atoms with E-state index < -0.39 is 27.2 Å². The lowest BCUT2D eigenvalue weighted by molar-refractivity contribution is -0.153. The second-order valence-electron chi connectivity index (χ2n) is 6.46. The van der Waals surface area contributed by atoms with Crippen molar-refractivity contribution in [2.24, 2.45) is 0 Å². The molecule has 2 N–H and O–H groups in total. The van der Waals surface area contributed by atoms with Crippen LogP contribution in [0.2, 0.25) is 0 Å². The lowest BCUT2D eigenvalue weighted by atomic mass is 10.1. The maximum Gasteiger partial charge on any atom is 0.337 e. The van der Waals surface area contributed by atoms with E-state index in [2.05, 4.69) is 4.98 Å². The van der Waals surface area contributed by atoms with Crippen molar-refractivity contribution in [3.05, 3.63) is 79.1 Å². The second kappa shape index (κ2) is 8.77. The van der Waals surface area contributed by atoms with Gasteiger partial charge in [-0.1, -0.05) is 30.3 Å². The molecular formula is C21H19NO5S2. The first-order valence-corrected chi connectivity index (χ1v) is 11.3. The summed E-state index contributed by atoms with van der Waals surface area (Å²) >= 11 is 1.09. The molecule has 0 bridgehead atoms. The van der Waals surface area contributed by atoms with Crippen LogP contribution < -0.4 is 0 Å². The van der Waals surface area contributed by atoms with Crippen molar-refractivity contribution in [2.75, 3.05) is 11.5 Å². The van der Waals surface area contributed by atoms with E-state index >= 15 is 0 Å². The highest BCUT2D eigenvalue weighted by Crippen LogP contribution is 2.27. The van der Waals surface area contributed by atoms with Crippen LogP contribution in [0.5, 0.6) is 0 Å². The summed E-state index contributed by atoms with van der Waals surface area (Å²) in [4.78, 5) is 16.3. The standard InChI is InChI=1S/C21H19NO5S2/c23-20(24)21(25,14-28-18-4-2-1-3-5-18)15-29(26,27)19-8-6-16(7-9-19)17-10-12-22-13-11-17/h1-13,25H,14-15H2,(H,23,24). The molecule has 0 amide bonds. The van der Waals surface area contributed by atoms with Crippen LogP contribution in [-0.2, 0) is 14.6 Å². The van der Waals surface area contributed by atoms with Gasteiger partial charge in [0.25, 0.3) is 0 Å². The number of carboxylic acid groups (broad SMARTS) is 1. The van der Waals surface area contributed by atoms with E-state index in [1.54, 1.807) is 60.9 Å². The van der Waals surface area contributed by atoms with Gasteiger partial charge >= 0.3 is 5.97 Å². The molecule has 0 saturated heterocycles. The number of hydrogen-bond acceptors (Lipinski definition) is 6. The van der Waals surface area contributed by atoms with E-state index in [9.17, 15) is 23.4 Å². The fraction of sp³-hybridized carbons (Fsp3) is 0.143. The molecule has 0 radical (unpaired) electrons. The van der Waals surface area contributed by atoms with Gasteiger partial charge in [0.15, 0.2) is 15.4 Å². The quantitative estimate of drug-likeness (QED) is 0.530. The highest BCUT2D eigenvalue weighted by atomic mass is 32.2. The topological polar surface area (TPSA) is 105 Å². The zero-order chi connectivity index (χ0) is 20.9. The normalized spacial score (nSPS) is 13.6. The minimum atomic E-state index is -4.02. The Morgan fingerprint density at radius 1 is 0.931 bits per heavy atom. The first kappa shape index (κ1) is 21.0. The summed E-state index contributed by atoms with van der Waals surface area (Å²) in [7, 11) is -4.02. The summed E-state index contributed by atoms with van der Waals surface area (Å²) < 4.78 is 25.5. The third kappa shape index (κ3) is 5.23. The van der Waals surface area contributed by atoms with Gasteiger partial charge in [0.2, 0.25) is 0 Å². The Bertz CT molecular complexity index is 1070. The van der Waals surface area contributed by atoms with Crippen LogP contribution in [0.4, 0.5) is 0 Å². The van der Waals surface area contributed by atoms with E-state index in [0.29, 0.717) is 0 Å². The number of benzene rings is 2. The molecule has 3 aromatic rings. The highest BCUT2D eigenvalue weighted by Gasteiger charge is 2.41. The van der Waals surface area contributed by atoms with Gasteiger partial charge in [-0.3, -0.25) is 4.98 Å². The van der Waals surface area contributed by atoms with Crippen molar-refractivity contribution >= 4 is 27.6 Å². The molecule has 3 rings (SSSR count). The number of rotatable bonds is 8. The molecule has 2 aromatic carbocycles. The van der Waals surface area contributed by atoms with E-state index in [1.165, 1.54) is 12.1 Å². The van der Waals surface area contributed by atoms with Gasteiger partial charge < -0.3 is 10.2 Å². The molecule has 6 nitrogen and oxygen atoms in total. The number of sulfone groups is 1. The maximum absolute atomic E-state index is 12.8. The number of carbonyl (C=O) groups is 1. The lowest BCUT2D eigenvalue weighted by Crippen LogP contribution is -2.47. The number of aromatic nitrogens is 1. The fourth-order valence-electron chi connectivity index (χ4n) is 2.68. The van der Waals surface area contributed by atoms with Crippen LogP contribution in [0.15, 0.2) is 88.9 Å². The third-order valence-corrected chi connectivity index (χ3v) is 7.35. The Morgan fingerprint density at radius 2 is 1.52 bits per heavy atom. The van der Waals surface area contributed by atoms with Crippen molar-refractivity contribution in [1.82, 2.24) is 4.98 Å². The molecule has 0 spiro atoms. The molecular weight excluding hydrogens is 410 g/mol. The van der Waals surface area contributed by atoms with Gasteiger partial charge in [-0.2, -0.15) is 0 Å². The molecule has 1 heterocycles. The predicted molar refractivity (Wildman–Crippen MR) is 111 cm³/mol. The number of pyridine rings is 1. The summed E-state index contributed by atoms with van der Waals surface area (Å²) in [5, 5.41) is 20.1. The van der Waals surface area contributed by atoms with Gasteiger partial charge in [0, 0.05) is 23.0 Å². The fourth-order valence-corrected chi connectivity index (χ4v) is 5.36. The van der Waals surface area contributed by atoms with Crippen LogP contribution >= 0.6 is 11.8 Å². The van der Waals surface area contributed by atoms with E-state index in [-0.39, 0.29) is 10.6 Å². The molecule has 1 aromatic heterocycles. The average molecular weight is 430 g/mol. The summed E-state index contributed by atoms with van der Waals surface area (Å²) in [6, 6.07) is 18.6. The predicted octanol–water partition coefficient (Wildman–Crippen LogP) is 3.13. The van der Waals surface area contributed by atoms with Gasteiger partial charge in [-0.25, -0.2) is 13.2 Å². The van der Waals surface area contributed by atoms with Gasteiger partial charge in [-0.15, -0.1) is 11.8 Å². The minimum Gasteiger partial charge on any atom is -0.479 e. The lowest BCUT2D eigenvalue weighted by Gasteiger charge is -2.23. The average Bonchev–Trinajstić information content (AvgIpc) is 2.73. The SMILES string of the molecule is O=C(O)C(O)(CSc1ccccc1)CS(=O)(=O)c1ccc(-c2ccncc2)cc1. The molecule has 1 atom stereocenters. The minimum absolute atomic E-state index is 0.0420. The zero-order valence-electron chi connectivity index (χ0n) is 15.3. The Balaban J connectivity index is 1.79. The van der Waals surface area contributed by atoms with Crippen LogP contribution in [-0.4, -0.2) is 46.7 Å². The smallest absolute Gasteiger partial charge is 0.337 e. The van der Waals surface area contributed by atoms with E-state index in [0.717, 1.165) is 27.8 Å². The maximum atomic E-state index is 12.8. The van der Waals surface area contributed by atoms with Crippen molar-refractivity contribution in [3.63, 3.8) is 0 Å². The van der Waals surface area contributed by atoms with Crippen molar-refractivity contribution in [1.29, 1.82) is 0 Å². The van der Waals surface area contributed by atoms with Gasteiger partial charge in [0.1, 0.15) is 0 Å². The number of hydrogen-bond donors (Lipinski definition) is 2. The molecule has 0 aliphatic carbocycles. The van der Waals surface area contributed by atoms with Crippen LogP contribution in [0.3, 0.4) is 0 Å². The molecule has 0 aliphatic rings. The monoisotopic (exact) mass is 429 g/mol. The zero-order valence-corrected chi connectivity index (χ0v) is 16.9. The Kier molecular flexibility index (Phi) is 6.36. The van der Waals surface area contributed by atoms with Crippen molar-refractivity contribution in [3.8, 4) is 11.1 Å². The van der Waals surface area contributed by atoms with E-state index in [1.807, 2.05) is 6.07 Å². The van der Waals surface area contributed by atoms with Crippen molar-refractivity contribution < 1.29 is 23.4 Å². The summed E-state index contributed by atoms with van der Waals surface area (Å²) in [5.74, 6) is -2.78. The number of nitrogens with zero attached hydrogens (tertiary/aromatic N) is 1. The summed E-state index contributed by atoms with van der Waals surface area (Å²) in [6.07, 6.45) is 3.27. The first-order chi connectivity index (χ1) is 13.8. The van der Waals surface area contributed by atoms with Crippen LogP contribution in [0, 0.1) is 0 Å². The summed E-state index contributed by atoms with van der Waals surface area (Å²) in [6.45, 7) is 0. The number of aliphatic hydroxyl groups is 1.